The fraction of sp³-hybridized carbons (Fsp3) is 0.444. The summed E-state index contributed by atoms with van der Waals surface area (Å²) >= 11 is 0. The highest BCUT2D eigenvalue weighted by atomic mass is 15.5. The topological polar surface area (TPSA) is 43.8 Å². The molecule has 0 spiro atoms. The van der Waals surface area contributed by atoms with Crippen LogP contribution in [0.2, 0.25) is 0 Å². The minimum atomic E-state index is 0.271. The zero-order valence-corrected chi connectivity index (χ0v) is 25.7. The van der Waals surface area contributed by atoms with Crippen molar-refractivity contribution in [3.63, 3.8) is 0 Å². The second-order valence-electron chi connectivity index (χ2n) is 11.9. The van der Waals surface area contributed by atoms with E-state index in [9.17, 15) is 0 Å². The molecule has 2 aliphatic rings. The van der Waals surface area contributed by atoms with Crippen molar-refractivity contribution in [1.82, 2.24) is 9.88 Å². The molecule has 1 N–H and O–H groups in total. The first kappa shape index (κ1) is 29.1. The highest BCUT2D eigenvalue weighted by Gasteiger charge is 2.27. The van der Waals surface area contributed by atoms with Crippen molar-refractivity contribution in [2.24, 2.45) is 5.10 Å². The van der Waals surface area contributed by atoms with Gasteiger partial charge in [-0.3, -0.25) is 5.01 Å². The van der Waals surface area contributed by atoms with Gasteiger partial charge in [0, 0.05) is 18.3 Å². The molecule has 2 aromatic carbocycles. The van der Waals surface area contributed by atoms with Gasteiger partial charge in [0.05, 0.1) is 18.0 Å². The lowest BCUT2D eigenvalue weighted by atomic mass is 9.85. The molecule has 1 fully saturated rings. The third kappa shape index (κ3) is 6.90. The van der Waals surface area contributed by atoms with Gasteiger partial charge in [0.25, 0.3) is 0 Å². The predicted octanol–water partition coefficient (Wildman–Crippen LogP) is 8.39. The van der Waals surface area contributed by atoms with Gasteiger partial charge in [0.1, 0.15) is 5.82 Å². The lowest BCUT2D eigenvalue weighted by Gasteiger charge is -2.31. The van der Waals surface area contributed by atoms with Gasteiger partial charge in [-0.25, -0.2) is 4.98 Å². The fourth-order valence-corrected chi connectivity index (χ4v) is 6.52. The lowest BCUT2D eigenvalue weighted by Crippen LogP contribution is -2.29. The van der Waals surface area contributed by atoms with Crippen LogP contribution in [0.3, 0.4) is 0 Å². The van der Waals surface area contributed by atoms with Crippen molar-refractivity contribution in [3.8, 4) is 11.3 Å². The Hall–Kier alpha value is -3.44. The summed E-state index contributed by atoms with van der Waals surface area (Å²) in [4.78, 5) is 7.52. The number of nitrogens with one attached hydrogen (secondary N) is 1. The Labute approximate surface area is 247 Å². The first-order chi connectivity index (χ1) is 20.0. The summed E-state index contributed by atoms with van der Waals surface area (Å²) in [6, 6.07) is 20.4. The summed E-state index contributed by atoms with van der Waals surface area (Å²) in [7, 11) is 4.21. The van der Waals surface area contributed by atoms with Crippen LogP contribution in [0.15, 0.2) is 71.3 Å². The van der Waals surface area contributed by atoms with E-state index in [2.05, 4.69) is 97.7 Å². The first-order valence-electron chi connectivity index (χ1n) is 15.6. The van der Waals surface area contributed by atoms with E-state index < -0.39 is 0 Å². The van der Waals surface area contributed by atoms with Crippen molar-refractivity contribution in [2.45, 2.75) is 77.7 Å². The van der Waals surface area contributed by atoms with Gasteiger partial charge in [-0.2, -0.15) is 5.10 Å². The molecule has 1 unspecified atom stereocenters. The predicted molar refractivity (Wildman–Crippen MR) is 175 cm³/mol. The van der Waals surface area contributed by atoms with Crippen molar-refractivity contribution >= 4 is 17.7 Å². The Morgan fingerprint density at radius 3 is 2.66 bits per heavy atom. The molecule has 5 nitrogen and oxygen atoms in total. The van der Waals surface area contributed by atoms with E-state index in [-0.39, 0.29) is 6.04 Å². The number of aromatic nitrogens is 1. The quantitative estimate of drug-likeness (QED) is 0.204. The molecule has 5 heteroatoms. The van der Waals surface area contributed by atoms with Crippen LogP contribution in [0.4, 0.5) is 11.5 Å². The van der Waals surface area contributed by atoms with Crippen LogP contribution in [0.1, 0.15) is 87.1 Å². The summed E-state index contributed by atoms with van der Waals surface area (Å²) in [5.74, 6) is 1.53. The third-order valence-corrected chi connectivity index (χ3v) is 8.71. The van der Waals surface area contributed by atoms with Crippen LogP contribution < -0.4 is 10.3 Å². The molecule has 5 rings (SSSR count). The maximum Gasteiger partial charge on any atom is 0.149 e. The fourth-order valence-electron chi connectivity index (χ4n) is 6.52. The number of hydrogen-bond acceptors (Lipinski definition) is 5. The molecule has 1 aliphatic carbocycles. The van der Waals surface area contributed by atoms with E-state index in [1.807, 2.05) is 24.3 Å². The highest BCUT2D eigenvalue weighted by molar-refractivity contribution is 5.78. The van der Waals surface area contributed by atoms with Gasteiger partial charge in [-0.05, 0) is 124 Å². The Morgan fingerprint density at radius 1 is 1.07 bits per heavy atom. The Kier molecular flexibility index (Phi) is 9.56. The number of nitrogens with zero attached hydrogens (tertiary/aromatic N) is 4. The lowest BCUT2D eigenvalue weighted by molar-refractivity contribution is 0.255. The average Bonchev–Trinajstić information content (AvgIpc) is 3.40. The second kappa shape index (κ2) is 13.5. The maximum absolute atomic E-state index is 5.05. The molecule has 3 aromatic rings. The molecule has 0 bridgehead atoms. The number of benzene rings is 2. The zero-order valence-electron chi connectivity index (χ0n) is 25.7. The molecule has 1 aromatic heterocycles. The number of fused-ring (bicyclic) bond motifs is 1. The van der Waals surface area contributed by atoms with Crippen molar-refractivity contribution in [3.05, 3.63) is 88.5 Å². The summed E-state index contributed by atoms with van der Waals surface area (Å²) in [6.45, 7) is 8.92. The zero-order chi connectivity index (χ0) is 28.8. The Balaban J connectivity index is 1.39. The number of anilines is 2. The molecule has 2 heterocycles. The normalized spacial score (nSPS) is 18.2. The van der Waals surface area contributed by atoms with E-state index in [1.165, 1.54) is 60.3 Å². The van der Waals surface area contributed by atoms with Gasteiger partial charge in [-0.15, -0.1) is 0 Å². The van der Waals surface area contributed by atoms with E-state index in [1.54, 1.807) is 5.56 Å². The number of hydrogen-bond donors (Lipinski definition) is 1. The van der Waals surface area contributed by atoms with Crippen LogP contribution in [0.25, 0.3) is 11.3 Å². The maximum atomic E-state index is 5.05. The van der Waals surface area contributed by atoms with Crippen LogP contribution >= 0.6 is 0 Å². The number of allylic oxidation sites excluding steroid dienone is 2. The van der Waals surface area contributed by atoms with Crippen LogP contribution in [0.5, 0.6) is 0 Å². The third-order valence-electron chi connectivity index (χ3n) is 8.71. The largest absolute Gasteiger partial charge is 0.378 e. The van der Waals surface area contributed by atoms with Crippen LogP contribution in [-0.4, -0.2) is 43.3 Å². The van der Waals surface area contributed by atoms with E-state index in [4.69, 9.17) is 4.98 Å². The summed E-state index contributed by atoms with van der Waals surface area (Å²) in [5.41, 5.74) is 10.5. The summed E-state index contributed by atoms with van der Waals surface area (Å²) < 4.78 is 0. The number of aryl methyl sites for hydroxylation is 2. The Morgan fingerprint density at radius 2 is 1.88 bits per heavy atom. The molecular weight excluding hydrogens is 502 g/mol. The van der Waals surface area contributed by atoms with Gasteiger partial charge < -0.3 is 10.2 Å². The summed E-state index contributed by atoms with van der Waals surface area (Å²) in [6.07, 6.45) is 12.1. The molecule has 0 saturated carbocycles. The van der Waals surface area contributed by atoms with Gasteiger partial charge in [-0.1, -0.05) is 56.7 Å². The molecular formula is C36H47N5. The van der Waals surface area contributed by atoms with Gasteiger partial charge in [0.2, 0.25) is 0 Å². The van der Waals surface area contributed by atoms with Crippen molar-refractivity contribution in [1.29, 1.82) is 0 Å². The number of pyridine rings is 1. The monoisotopic (exact) mass is 549 g/mol. The van der Waals surface area contributed by atoms with Gasteiger partial charge in [0.15, 0.2) is 0 Å². The molecule has 0 amide bonds. The molecule has 1 aliphatic heterocycles. The number of likely N-dealkylation sites (tertiary alicyclic amines) is 1. The highest BCUT2D eigenvalue weighted by Crippen LogP contribution is 2.41. The Bertz CT molecular complexity index is 1380. The number of piperidine rings is 1. The van der Waals surface area contributed by atoms with Gasteiger partial charge >= 0.3 is 0 Å². The second-order valence-corrected chi connectivity index (χ2v) is 11.9. The van der Waals surface area contributed by atoms with E-state index in [0.29, 0.717) is 5.92 Å². The SMILES string of the molecule is CC/C=C(C)/C=N\N(C)c1cccc(-c2cccc3c2C(Nc2ccc(C4CCN(C)CC4)c(CCC)c2)CC3)n1. The molecule has 216 valence electrons. The number of rotatable bonds is 10. The average molecular weight is 550 g/mol. The minimum Gasteiger partial charge on any atom is -0.378 e. The van der Waals surface area contributed by atoms with Crippen molar-refractivity contribution < 1.29 is 0 Å². The molecule has 1 atom stereocenters. The van der Waals surface area contributed by atoms with Crippen molar-refractivity contribution in [2.75, 3.05) is 37.5 Å². The molecule has 41 heavy (non-hydrogen) atoms. The van der Waals surface area contributed by atoms with E-state index >= 15 is 0 Å². The summed E-state index contributed by atoms with van der Waals surface area (Å²) in [5, 5.41) is 10.4. The number of hydrazone groups is 1. The standard InChI is InChI=1S/C36H47N5/c1-6-10-26(3)25-37-41(5)35-15-9-14-33(39-35)32-13-8-12-28-16-19-34(36(28)32)38-30-17-18-31(29(24-30)11-7-2)27-20-22-40(4)23-21-27/h8-10,12-15,17-18,24-25,27,34,38H,6-7,11,16,19-23H2,1-5H3/b26-10+,37-25-. The minimum absolute atomic E-state index is 0.271. The first-order valence-corrected chi connectivity index (χ1v) is 15.6. The smallest absolute Gasteiger partial charge is 0.149 e. The van der Waals surface area contributed by atoms with Crippen LogP contribution in [0, 0.1) is 0 Å². The van der Waals surface area contributed by atoms with Crippen LogP contribution in [-0.2, 0) is 12.8 Å². The molecule has 0 radical (unpaired) electrons. The molecule has 1 saturated heterocycles. The van der Waals surface area contributed by atoms with E-state index in [0.717, 1.165) is 42.8 Å².